The van der Waals surface area contributed by atoms with Crippen molar-refractivity contribution in [1.29, 1.82) is 5.26 Å². The molecule has 0 atom stereocenters. The molecule has 1 aliphatic heterocycles. The summed E-state index contributed by atoms with van der Waals surface area (Å²) in [5.74, 6) is -1.33. The topological polar surface area (TPSA) is 98.5 Å². The summed E-state index contributed by atoms with van der Waals surface area (Å²) in [6.45, 7) is 0.553. The Morgan fingerprint density at radius 2 is 2.00 bits per heavy atom. The van der Waals surface area contributed by atoms with Crippen LogP contribution in [0.5, 0.6) is 0 Å². The van der Waals surface area contributed by atoms with Gasteiger partial charge in [-0.2, -0.15) is 9.57 Å². The molecular weight excluding hydrogens is 316 g/mol. The molecule has 0 bridgehead atoms. The Morgan fingerprint density at radius 3 is 2.48 bits per heavy atom. The zero-order valence-corrected chi connectivity index (χ0v) is 12.6. The average molecular weight is 329 g/mol. The number of hydrogen-bond acceptors (Lipinski definition) is 4. The number of carbonyl (C=O) groups is 1. The summed E-state index contributed by atoms with van der Waals surface area (Å²) in [4.78, 5) is 10.8. The molecule has 1 saturated heterocycles. The van der Waals surface area contributed by atoms with Gasteiger partial charge in [-0.25, -0.2) is 13.2 Å². The van der Waals surface area contributed by atoms with E-state index in [4.69, 9.17) is 22.0 Å². The number of aromatic carboxylic acids is 1. The highest BCUT2D eigenvalue weighted by molar-refractivity contribution is 7.89. The zero-order chi connectivity index (χ0) is 15.6. The third-order valence-corrected chi connectivity index (χ3v) is 5.65. The predicted octanol–water partition coefficient (Wildman–Crippen LogP) is 1.96. The van der Waals surface area contributed by atoms with Gasteiger partial charge in [-0.05, 0) is 31.0 Å². The second-order valence-electron chi connectivity index (χ2n) is 4.75. The lowest BCUT2D eigenvalue weighted by Gasteiger charge is -2.28. The lowest BCUT2D eigenvalue weighted by molar-refractivity contribution is 0.0697. The number of carboxylic acids is 1. The number of hydrogen-bond donors (Lipinski definition) is 1. The molecule has 0 spiro atoms. The van der Waals surface area contributed by atoms with E-state index in [9.17, 15) is 13.2 Å². The molecule has 1 N–H and O–H groups in total. The van der Waals surface area contributed by atoms with Crippen LogP contribution in [0.3, 0.4) is 0 Å². The minimum atomic E-state index is -3.71. The molecule has 1 aromatic rings. The van der Waals surface area contributed by atoms with Gasteiger partial charge in [0.2, 0.25) is 10.0 Å². The summed E-state index contributed by atoms with van der Waals surface area (Å²) in [5, 5.41) is 17.6. The van der Waals surface area contributed by atoms with E-state index in [0.717, 1.165) is 6.07 Å². The molecule has 0 amide bonds. The monoisotopic (exact) mass is 328 g/mol. The van der Waals surface area contributed by atoms with Crippen LogP contribution in [0, 0.1) is 17.2 Å². The summed E-state index contributed by atoms with van der Waals surface area (Å²) < 4.78 is 26.2. The van der Waals surface area contributed by atoms with Crippen molar-refractivity contribution in [2.75, 3.05) is 13.1 Å². The number of benzene rings is 1. The highest BCUT2D eigenvalue weighted by Crippen LogP contribution is 2.26. The molecule has 2 rings (SSSR count). The second-order valence-corrected chi connectivity index (χ2v) is 7.10. The molecule has 21 heavy (non-hydrogen) atoms. The Labute approximate surface area is 127 Å². The van der Waals surface area contributed by atoms with E-state index in [1.54, 1.807) is 0 Å². The van der Waals surface area contributed by atoms with Crippen LogP contribution in [-0.2, 0) is 10.0 Å². The fraction of sp³-hybridized carbons (Fsp3) is 0.385. The minimum absolute atomic E-state index is 0.0343. The van der Waals surface area contributed by atoms with Crippen LogP contribution in [0.25, 0.3) is 0 Å². The van der Waals surface area contributed by atoms with E-state index >= 15 is 0 Å². The Kier molecular flexibility index (Phi) is 4.52. The molecule has 1 fully saturated rings. The van der Waals surface area contributed by atoms with Crippen molar-refractivity contribution in [3.8, 4) is 6.07 Å². The van der Waals surface area contributed by atoms with Crippen molar-refractivity contribution in [3.63, 3.8) is 0 Å². The fourth-order valence-electron chi connectivity index (χ4n) is 2.20. The van der Waals surface area contributed by atoms with Crippen molar-refractivity contribution in [1.82, 2.24) is 4.31 Å². The van der Waals surface area contributed by atoms with Crippen molar-refractivity contribution in [2.45, 2.75) is 17.7 Å². The summed E-state index contributed by atoms with van der Waals surface area (Å²) in [5.41, 5.74) is -0.140. The molecule has 1 heterocycles. The molecule has 1 aromatic carbocycles. The predicted molar refractivity (Wildman–Crippen MR) is 75.5 cm³/mol. The number of sulfonamides is 1. The maximum absolute atomic E-state index is 12.5. The average Bonchev–Trinajstić information content (AvgIpc) is 2.46. The summed E-state index contributed by atoms with van der Waals surface area (Å²) in [7, 11) is -3.71. The molecule has 0 aromatic heterocycles. The van der Waals surface area contributed by atoms with E-state index in [2.05, 4.69) is 6.07 Å². The maximum Gasteiger partial charge on any atom is 0.337 e. The number of carboxylic acid groups (broad SMARTS) is 1. The highest BCUT2D eigenvalue weighted by Gasteiger charge is 2.29. The molecule has 0 aliphatic carbocycles. The van der Waals surface area contributed by atoms with Crippen molar-refractivity contribution < 1.29 is 18.3 Å². The van der Waals surface area contributed by atoms with E-state index in [0.29, 0.717) is 12.8 Å². The Bertz CT molecular complexity index is 703. The van der Waals surface area contributed by atoms with E-state index in [1.807, 2.05) is 0 Å². The van der Waals surface area contributed by atoms with Crippen molar-refractivity contribution in [3.05, 3.63) is 28.8 Å². The lowest BCUT2D eigenvalue weighted by Crippen LogP contribution is -2.38. The van der Waals surface area contributed by atoms with Gasteiger partial charge in [0.05, 0.1) is 21.6 Å². The first kappa shape index (κ1) is 15.8. The third kappa shape index (κ3) is 3.18. The Hall–Kier alpha value is -1.62. The standard InChI is InChI=1S/C13H13ClN2O4S/c14-12-7-10(1-2-11(12)13(17)18)21(19,20)16-5-3-9(8-15)4-6-16/h1-2,7,9H,3-6H2,(H,17,18). The molecular formula is C13H13ClN2O4S. The second kappa shape index (κ2) is 6.02. The first-order chi connectivity index (χ1) is 9.86. The van der Waals surface area contributed by atoms with Gasteiger partial charge in [-0.3, -0.25) is 0 Å². The van der Waals surface area contributed by atoms with E-state index < -0.39 is 16.0 Å². The van der Waals surface area contributed by atoms with Gasteiger partial charge in [-0.15, -0.1) is 0 Å². The fourth-order valence-corrected chi connectivity index (χ4v) is 4.03. The minimum Gasteiger partial charge on any atom is -0.478 e. The number of nitrogens with zero attached hydrogens (tertiary/aromatic N) is 2. The van der Waals surface area contributed by atoms with Crippen LogP contribution in [0.4, 0.5) is 0 Å². The highest BCUT2D eigenvalue weighted by atomic mass is 35.5. The largest absolute Gasteiger partial charge is 0.478 e. The first-order valence-electron chi connectivity index (χ1n) is 6.29. The molecule has 8 heteroatoms. The zero-order valence-electron chi connectivity index (χ0n) is 11.0. The van der Waals surface area contributed by atoms with Crippen LogP contribution < -0.4 is 0 Å². The van der Waals surface area contributed by atoms with Crippen LogP contribution in [0.1, 0.15) is 23.2 Å². The Morgan fingerprint density at radius 1 is 1.38 bits per heavy atom. The number of halogens is 1. The number of nitriles is 1. The quantitative estimate of drug-likeness (QED) is 0.914. The maximum atomic E-state index is 12.5. The molecule has 112 valence electrons. The van der Waals surface area contributed by atoms with E-state index in [-0.39, 0.29) is 34.5 Å². The van der Waals surface area contributed by atoms with Gasteiger partial charge in [0, 0.05) is 19.0 Å². The summed E-state index contributed by atoms with van der Waals surface area (Å²) in [6.07, 6.45) is 0.993. The van der Waals surface area contributed by atoms with E-state index in [1.165, 1.54) is 16.4 Å². The van der Waals surface area contributed by atoms with Crippen LogP contribution >= 0.6 is 11.6 Å². The summed E-state index contributed by atoms with van der Waals surface area (Å²) >= 11 is 5.81. The first-order valence-corrected chi connectivity index (χ1v) is 8.10. The van der Waals surface area contributed by atoms with Crippen molar-refractivity contribution >= 4 is 27.6 Å². The van der Waals surface area contributed by atoms with Crippen LogP contribution in [-0.4, -0.2) is 36.9 Å². The molecule has 0 saturated carbocycles. The molecule has 0 radical (unpaired) electrons. The smallest absolute Gasteiger partial charge is 0.337 e. The Balaban J connectivity index is 2.27. The molecule has 0 unspecified atom stereocenters. The van der Waals surface area contributed by atoms with Crippen molar-refractivity contribution in [2.24, 2.45) is 5.92 Å². The van der Waals surface area contributed by atoms with Gasteiger partial charge in [0.1, 0.15) is 0 Å². The third-order valence-electron chi connectivity index (χ3n) is 3.45. The van der Waals surface area contributed by atoms with Gasteiger partial charge in [0.25, 0.3) is 0 Å². The van der Waals surface area contributed by atoms with Gasteiger partial charge < -0.3 is 5.11 Å². The normalized spacial score (nSPS) is 17.3. The van der Waals surface area contributed by atoms with Gasteiger partial charge in [0.15, 0.2) is 0 Å². The molecule has 6 nitrogen and oxygen atoms in total. The van der Waals surface area contributed by atoms with Crippen LogP contribution in [0.15, 0.2) is 23.1 Å². The van der Waals surface area contributed by atoms with Gasteiger partial charge >= 0.3 is 5.97 Å². The van der Waals surface area contributed by atoms with Gasteiger partial charge in [-0.1, -0.05) is 11.6 Å². The van der Waals surface area contributed by atoms with Crippen LogP contribution in [0.2, 0.25) is 5.02 Å². The lowest BCUT2D eigenvalue weighted by atomic mass is 10.0. The SMILES string of the molecule is N#CC1CCN(S(=O)(=O)c2ccc(C(=O)O)c(Cl)c2)CC1. The molecule has 1 aliphatic rings. The summed E-state index contributed by atoms with van der Waals surface area (Å²) in [6, 6.07) is 5.70. The number of piperidine rings is 1. The number of rotatable bonds is 3.